The highest BCUT2D eigenvalue weighted by molar-refractivity contribution is 9.10. The van der Waals surface area contributed by atoms with Gasteiger partial charge in [-0.25, -0.2) is 0 Å². The molecule has 2 rings (SSSR count). The minimum atomic E-state index is 0.107. The van der Waals surface area contributed by atoms with E-state index >= 15 is 0 Å². The van der Waals surface area contributed by atoms with Crippen molar-refractivity contribution in [2.45, 2.75) is 26.8 Å². The molecule has 2 aromatic rings. The van der Waals surface area contributed by atoms with Gasteiger partial charge in [0.05, 0.1) is 22.3 Å². The van der Waals surface area contributed by atoms with Crippen molar-refractivity contribution in [3.8, 4) is 0 Å². The molecule has 0 fully saturated rings. The van der Waals surface area contributed by atoms with Crippen molar-refractivity contribution < 1.29 is 4.79 Å². The number of Topliss-reactive ketones (excluding diaryl/α,β-unsaturated/α-hetero) is 1. The Kier molecular flexibility index (Phi) is 4.83. The van der Waals surface area contributed by atoms with Crippen molar-refractivity contribution >= 4 is 27.4 Å². The van der Waals surface area contributed by atoms with Crippen molar-refractivity contribution in [2.75, 3.05) is 19.0 Å². The molecule has 1 aromatic heterocycles. The summed E-state index contributed by atoms with van der Waals surface area (Å²) < 4.78 is 2.81. The third kappa shape index (κ3) is 3.35. The maximum atomic E-state index is 12.4. The quantitative estimate of drug-likeness (QED) is 0.775. The van der Waals surface area contributed by atoms with Crippen molar-refractivity contribution in [1.82, 2.24) is 9.78 Å². The lowest BCUT2D eigenvalue weighted by molar-refractivity contribution is 0.0990. The molecule has 0 amide bonds. The zero-order valence-corrected chi connectivity index (χ0v) is 14.4. The summed E-state index contributed by atoms with van der Waals surface area (Å²) in [6.45, 7) is 4.73. The molecular weight excluding hydrogens is 330 g/mol. The lowest BCUT2D eigenvalue weighted by Gasteiger charge is -2.12. The van der Waals surface area contributed by atoms with E-state index in [1.165, 1.54) is 0 Å². The maximum Gasteiger partial charge on any atom is 0.168 e. The van der Waals surface area contributed by atoms with Gasteiger partial charge in [-0.05, 0) is 54.0 Å². The van der Waals surface area contributed by atoms with Crippen molar-refractivity contribution in [1.29, 1.82) is 0 Å². The van der Waals surface area contributed by atoms with Crippen molar-refractivity contribution in [2.24, 2.45) is 0 Å². The standard InChI is InChI=1S/C16H20BrN3O/c1-5-20-14(16(17)11(2)18-20)10-15(21)12-6-8-13(9-7-12)19(3)4/h6-9H,5,10H2,1-4H3. The Morgan fingerprint density at radius 3 is 2.43 bits per heavy atom. The fourth-order valence-electron chi connectivity index (χ4n) is 2.24. The molecule has 0 saturated carbocycles. The molecule has 0 aliphatic heterocycles. The fraction of sp³-hybridized carbons (Fsp3) is 0.375. The van der Waals surface area contributed by atoms with Crippen LogP contribution in [-0.2, 0) is 13.0 Å². The second-order valence-corrected chi connectivity index (χ2v) is 6.00. The van der Waals surface area contributed by atoms with E-state index in [0.717, 1.165) is 33.7 Å². The Bertz CT molecular complexity index is 644. The Morgan fingerprint density at radius 1 is 1.29 bits per heavy atom. The largest absolute Gasteiger partial charge is 0.378 e. The molecule has 0 spiro atoms. The topological polar surface area (TPSA) is 38.1 Å². The lowest BCUT2D eigenvalue weighted by Crippen LogP contribution is -2.11. The second kappa shape index (κ2) is 6.43. The molecule has 0 aliphatic rings. The van der Waals surface area contributed by atoms with E-state index in [9.17, 15) is 4.79 Å². The number of carbonyl (C=O) groups excluding carboxylic acids is 1. The number of aromatic nitrogens is 2. The van der Waals surface area contributed by atoms with E-state index < -0.39 is 0 Å². The van der Waals surface area contributed by atoms with Gasteiger partial charge in [0.15, 0.2) is 5.78 Å². The van der Waals surface area contributed by atoms with E-state index in [1.54, 1.807) is 0 Å². The van der Waals surface area contributed by atoms with Crippen LogP contribution in [0.2, 0.25) is 0 Å². The van der Waals surface area contributed by atoms with Gasteiger partial charge in [-0.15, -0.1) is 0 Å². The van der Waals surface area contributed by atoms with Gasteiger partial charge in [-0.1, -0.05) is 0 Å². The van der Waals surface area contributed by atoms with Crippen LogP contribution in [0.3, 0.4) is 0 Å². The van der Waals surface area contributed by atoms with Gasteiger partial charge in [0.2, 0.25) is 0 Å². The number of carbonyl (C=O) groups is 1. The van der Waals surface area contributed by atoms with Gasteiger partial charge >= 0.3 is 0 Å². The number of hydrogen-bond acceptors (Lipinski definition) is 3. The van der Waals surface area contributed by atoms with Crippen LogP contribution in [0.25, 0.3) is 0 Å². The molecule has 1 heterocycles. The zero-order valence-electron chi connectivity index (χ0n) is 12.9. The van der Waals surface area contributed by atoms with Crippen molar-refractivity contribution in [3.05, 3.63) is 45.7 Å². The molecule has 1 aromatic carbocycles. The van der Waals surface area contributed by atoms with E-state index in [1.807, 2.05) is 61.8 Å². The fourth-order valence-corrected chi connectivity index (χ4v) is 2.66. The zero-order chi connectivity index (χ0) is 15.6. The summed E-state index contributed by atoms with van der Waals surface area (Å²) >= 11 is 3.53. The molecule has 0 saturated heterocycles. The molecule has 0 radical (unpaired) electrons. The lowest BCUT2D eigenvalue weighted by atomic mass is 10.1. The first-order valence-electron chi connectivity index (χ1n) is 6.96. The number of nitrogens with zero attached hydrogens (tertiary/aromatic N) is 3. The van der Waals surface area contributed by atoms with Crippen LogP contribution in [0.4, 0.5) is 5.69 Å². The third-order valence-electron chi connectivity index (χ3n) is 3.49. The van der Waals surface area contributed by atoms with E-state index in [-0.39, 0.29) is 5.78 Å². The van der Waals surface area contributed by atoms with E-state index in [4.69, 9.17) is 0 Å². The molecular formula is C16H20BrN3O. The minimum absolute atomic E-state index is 0.107. The van der Waals surface area contributed by atoms with Crippen LogP contribution >= 0.6 is 15.9 Å². The van der Waals surface area contributed by atoms with Crippen LogP contribution in [0.15, 0.2) is 28.7 Å². The Morgan fingerprint density at radius 2 is 1.90 bits per heavy atom. The summed E-state index contributed by atoms with van der Waals surface area (Å²) in [5.41, 5.74) is 3.68. The van der Waals surface area contributed by atoms with E-state index in [2.05, 4.69) is 21.0 Å². The smallest absolute Gasteiger partial charge is 0.168 e. The number of ketones is 1. The van der Waals surface area contributed by atoms with Gasteiger partial charge in [-0.3, -0.25) is 9.48 Å². The summed E-state index contributed by atoms with van der Waals surface area (Å²) in [4.78, 5) is 14.5. The summed E-state index contributed by atoms with van der Waals surface area (Å²) in [7, 11) is 3.97. The molecule has 0 unspecified atom stereocenters. The Hall–Kier alpha value is -1.62. The predicted octanol–water partition coefficient (Wildman–Crippen LogP) is 3.47. The van der Waals surface area contributed by atoms with Gasteiger partial charge in [0.25, 0.3) is 0 Å². The van der Waals surface area contributed by atoms with Crippen LogP contribution in [0.5, 0.6) is 0 Å². The molecule has 5 heteroatoms. The normalized spacial score (nSPS) is 10.7. The summed E-state index contributed by atoms with van der Waals surface area (Å²) in [5.74, 6) is 0.107. The van der Waals surface area contributed by atoms with Crippen LogP contribution < -0.4 is 4.90 Å². The molecule has 0 aliphatic carbocycles. The van der Waals surface area contributed by atoms with Gasteiger partial charge < -0.3 is 4.90 Å². The number of benzene rings is 1. The number of halogens is 1. The van der Waals surface area contributed by atoms with Gasteiger partial charge in [0, 0.05) is 31.9 Å². The maximum absolute atomic E-state index is 12.4. The number of hydrogen-bond donors (Lipinski definition) is 0. The first kappa shape index (κ1) is 15.8. The third-order valence-corrected chi connectivity index (χ3v) is 4.52. The second-order valence-electron chi connectivity index (χ2n) is 5.20. The number of anilines is 1. The minimum Gasteiger partial charge on any atom is -0.378 e. The molecule has 0 N–H and O–H groups in total. The van der Waals surface area contributed by atoms with Crippen LogP contribution in [0, 0.1) is 6.92 Å². The number of aryl methyl sites for hydroxylation is 2. The number of rotatable bonds is 5. The van der Waals surface area contributed by atoms with Gasteiger partial charge in [-0.2, -0.15) is 5.10 Å². The van der Waals surface area contributed by atoms with E-state index in [0.29, 0.717) is 6.42 Å². The highest BCUT2D eigenvalue weighted by atomic mass is 79.9. The summed E-state index contributed by atoms with van der Waals surface area (Å²) in [6.07, 6.45) is 0.358. The first-order valence-corrected chi connectivity index (χ1v) is 7.75. The molecule has 112 valence electrons. The Labute approximate surface area is 133 Å². The highest BCUT2D eigenvalue weighted by Crippen LogP contribution is 2.23. The molecule has 0 bridgehead atoms. The predicted molar refractivity (Wildman–Crippen MR) is 89.1 cm³/mol. The average Bonchev–Trinajstić information content (AvgIpc) is 2.75. The monoisotopic (exact) mass is 349 g/mol. The van der Waals surface area contributed by atoms with Gasteiger partial charge in [0.1, 0.15) is 0 Å². The van der Waals surface area contributed by atoms with Crippen molar-refractivity contribution in [3.63, 3.8) is 0 Å². The SMILES string of the molecule is CCn1nc(C)c(Br)c1CC(=O)c1ccc(N(C)C)cc1. The summed E-state index contributed by atoms with van der Waals surface area (Å²) in [5, 5.41) is 4.42. The van der Waals surface area contributed by atoms with Crippen LogP contribution in [-0.4, -0.2) is 29.7 Å². The molecule has 21 heavy (non-hydrogen) atoms. The summed E-state index contributed by atoms with van der Waals surface area (Å²) in [6, 6.07) is 7.69. The van der Waals surface area contributed by atoms with Crippen LogP contribution in [0.1, 0.15) is 28.7 Å². The Balaban J connectivity index is 2.22. The first-order chi connectivity index (χ1) is 9.93. The molecule has 0 atom stereocenters. The highest BCUT2D eigenvalue weighted by Gasteiger charge is 2.16. The average molecular weight is 350 g/mol. The molecule has 4 nitrogen and oxygen atoms in total.